The topological polar surface area (TPSA) is 52.2 Å². The van der Waals surface area contributed by atoms with Crippen molar-refractivity contribution in [3.63, 3.8) is 0 Å². The standard InChI is InChI=1S/C21H20Cl2N4O/c1-14-5-6-17(23)12-20(14)26-7-9-27(10-8-26)21(28)19-13-18(24-25-19)15-3-2-4-16(22)11-15/h2-6,11-13H,7-10H2,1H3,(H,24,25). The summed E-state index contributed by atoms with van der Waals surface area (Å²) in [6.07, 6.45) is 0. The van der Waals surface area contributed by atoms with Crippen LogP contribution in [0.3, 0.4) is 0 Å². The number of benzene rings is 2. The molecule has 0 bridgehead atoms. The zero-order chi connectivity index (χ0) is 19.7. The molecule has 5 nitrogen and oxygen atoms in total. The summed E-state index contributed by atoms with van der Waals surface area (Å²) in [6.45, 7) is 4.90. The number of halogens is 2. The van der Waals surface area contributed by atoms with Gasteiger partial charge in [0.2, 0.25) is 0 Å². The van der Waals surface area contributed by atoms with E-state index in [1.54, 1.807) is 6.07 Å². The van der Waals surface area contributed by atoms with Gasteiger partial charge in [0.1, 0.15) is 5.69 Å². The van der Waals surface area contributed by atoms with E-state index in [-0.39, 0.29) is 5.91 Å². The Kier molecular flexibility index (Phi) is 5.29. The quantitative estimate of drug-likeness (QED) is 0.677. The van der Waals surface area contributed by atoms with Crippen molar-refractivity contribution >= 4 is 34.8 Å². The molecule has 4 rings (SSSR count). The predicted octanol–water partition coefficient (Wildman–Crippen LogP) is 4.65. The van der Waals surface area contributed by atoms with Crippen molar-refractivity contribution in [1.82, 2.24) is 15.1 Å². The van der Waals surface area contributed by atoms with Crippen LogP contribution >= 0.6 is 23.2 Å². The number of anilines is 1. The Balaban J connectivity index is 1.44. The minimum Gasteiger partial charge on any atom is -0.368 e. The average Bonchev–Trinajstić information content (AvgIpc) is 3.20. The molecule has 0 unspecified atom stereocenters. The number of H-pyrrole nitrogens is 1. The van der Waals surface area contributed by atoms with Gasteiger partial charge in [0.15, 0.2) is 0 Å². The van der Waals surface area contributed by atoms with Crippen LogP contribution in [0, 0.1) is 6.92 Å². The van der Waals surface area contributed by atoms with E-state index in [1.807, 2.05) is 47.4 Å². The van der Waals surface area contributed by atoms with Crippen LogP contribution in [0.15, 0.2) is 48.5 Å². The van der Waals surface area contributed by atoms with Gasteiger partial charge in [-0.3, -0.25) is 9.89 Å². The van der Waals surface area contributed by atoms with Gasteiger partial charge in [-0.05, 0) is 42.8 Å². The van der Waals surface area contributed by atoms with Gasteiger partial charge in [0, 0.05) is 47.5 Å². The number of amides is 1. The number of rotatable bonds is 3. The van der Waals surface area contributed by atoms with E-state index < -0.39 is 0 Å². The first-order valence-corrected chi connectivity index (χ1v) is 9.88. The molecule has 1 aliphatic rings. The maximum Gasteiger partial charge on any atom is 0.272 e. The van der Waals surface area contributed by atoms with E-state index in [0.717, 1.165) is 29.4 Å². The zero-order valence-electron chi connectivity index (χ0n) is 15.5. The maximum atomic E-state index is 12.9. The van der Waals surface area contributed by atoms with E-state index in [4.69, 9.17) is 23.2 Å². The van der Waals surface area contributed by atoms with E-state index in [1.165, 1.54) is 5.56 Å². The molecule has 1 saturated heterocycles. The van der Waals surface area contributed by atoms with Crippen molar-refractivity contribution in [1.29, 1.82) is 0 Å². The molecule has 2 heterocycles. The van der Waals surface area contributed by atoms with Crippen LogP contribution in [-0.2, 0) is 0 Å². The van der Waals surface area contributed by atoms with Crippen LogP contribution in [0.1, 0.15) is 16.1 Å². The molecule has 1 aliphatic heterocycles. The molecule has 2 aromatic carbocycles. The van der Waals surface area contributed by atoms with Crippen LogP contribution in [0.2, 0.25) is 10.0 Å². The van der Waals surface area contributed by atoms with Crippen molar-refractivity contribution in [2.24, 2.45) is 0 Å². The normalized spacial score (nSPS) is 14.4. The number of hydrogen-bond donors (Lipinski definition) is 1. The fourth-order valence-corrected chi connectivity index (χ4v) is 3.83. The third-order valence-corrected chi connectivity index (χ3v) is 5.48. The summed E-state index contributed by atoms with van der Waals surface area (Å²) < 4.78 is 0. The van der Waals surface area contributed by atoms with Crippen molar-refractivity contribution in [3.8, 4) is 11.3 Å². The molecular weight excluding hydrogens is 395 g/mol. The first-order valence-electron chi connectivity index (χ1n) is 9.13. The van der Waals surface area contributed by atoms with Crippen molar-refractivity contribution in [3.05, 3.63) is 69.8 Å². The lowest BCUT2D eigenvalue weighted by Gasteiger charge is -2.36. The van der Waals surface area contributed by atoms with Gasteiger partial charge < -0.3 is 9.80 Å². The van der Waals surface area contributed by atoms with Gasteiger partial charge in [-0.25, -0.2) is 0 Å². The molecule has 0 aliphatic carbocycles. The third kappa shape index (κ3) is 3.86. The van der Waals surface area contributed by atoms with Crippen molar-refractivity contribution in [2.75, 3.05) is 31.1 Å². The molecule has 1 amide bonds. The summed E-state index contributed by atoms with van der Waals surface area (Å²) in [6, 6.07) is 15.1. The number of hydrogen-bond acceptors (Lipinski definition) is 3. The molecule has 28 heavy (non-hydrogen) atoms. The monoisotopic (exact) mass is 414 g/mol. The minimum atomic E-state index is -0.0387. The first-order chi connectivity index (χ1) is 13.5. The molecule has 0 radical (unpaired) electrons. The second-order valence-corrected chi connectivity index (χ2v) is 7.76. The SMILES string of the molecule is Cc1ccc(Cl)cc1N1CCN(C(=O)c2cc(-c3cccc(Cl)c3)n[nH]2)CC1. The van der Waals surface area contributed by atoms with Crippen LogP contribution in [-0.4, -0.2) is 47.2 Å². The smallest absolute Gasteiger partial charge is 0.272 e. The van der Waals surface area contributed by atoms with Crippen LogP contribution < -0.4 is 4.90 Å². The Morgan fingerprint density at radius 3 is 2.50 bits per heavy atom. The Bertz CT molecular complexity index is 1010. The highest BCUT2D eigenvalue weighted by Gasteiger charge is 2.24. The van der Waals surface area contributed by atoms with Gasteiger partial charge in [0.25, 0.3) is 5.91 Å². The molecule has 7 heteroatoms. The van der Waals surface area contributed by atoms with Crippen molar-refractivity contribution in [2.45, 2.75) is 6.92 Å². The zero-order valence-corrected chi connectivity index (χ0v) is 17.0. The highest BCUT2D eigenvalue weighted by molar-refractivity contribution is 6.31. The number of aromatic nitrogens is 2. The van der Waals surface area contributed by atoms with Crippen LogP contribution in [0.5, 0.6) is 0 Å². The molecule has 0 atom stereocenters. The molecule has 144 valence electrons. The van der Waals surface area contributed by atoms with Crippen molar-refractivity contribution < 1.29 is 4.79 Å². The molecule has 0 spiro atoms. The number of aryl methyl sites for hydroxylation is 1. The number of piperazine rings is 1. The highest BCUT2D eigenvalue weighted by atomic mass is 35.5. The molecule has 1 N–H and O–H groups in total. The van der Waals surface area contributed by atoms with Gasteiger partial charge in [-0.1, -0.05) is 41.4 Å². The van der Waals surface area contributed by atoms with Gasteiger partial charge in [-0.15, -0.1) is 0 Å². The number of nitrogens with one attached hydrogen (secondary N) is 1. The van der Waals surface area contributed by atoms with Crippen LogP contribution in [0.25, 0.3) is 11.3 Å². The summed E-state index contributed by atoms with van der Waals surface area (Å²) in [4.78, 5) is 17.0. The number of aromatic amines is 1. The largest absolute Gasteiger partial charge is 0.368 e. The first kappa shape index (κ1) is 18.8. The summed E-state index contributed by atoms with van der Waals surface area (Å²) in [5.74, 6) is -0.0387. The van der Waals surface area contributed by atoms with Crippen LogP contribution in [0.4, 0.5) is 5.69 Å². The Morgan fingerprint density at radius 2 is 1.75 bits per heavy atom. The summed E-state index contributed by atoms with van der Waals surface area (Å²) in [5, 5.41) is 8.50. The average molecular weight is 415 g/mol. The van der Waals surface area contributed by atoms with Gasteiger partial charge in [-0.2, -0.15) is 5.10 Å². The fourth-order valence-electron chi connectivity index (χ4n) is 3.47. The molecule has 0 saturated carbocycles. The summed E-state index contributed by atoms with van der Waals surface area (Å²) in [7, 11) is 0. The highest BCUT2D eigenvalue weighted by Crippen LogP contribution is 2.26. The second-order valence-electron chi connectivity index (χ2n) is 6.89. The fraction of sp³-hybridized carbons (Fsp3) is 0.238. The number of carbonyl (C=O) groups excluding carboxylic acids is 1. The lowest BCUT2D eigenvalue weighted by Crippen LogP contribution is -2.49. The predicted molar refractivity (Wildman–Crippen MR) is 113 cm³/mol. The van der Waals surface area contributed by atoms with Gasteiger partial charge >= 0.3 is 0 Å². The summed E-state index contributed by atoms with van der Waals surface area (Å²) >= 11 is 12.2. The Labute approximate surface area is 173 Å². The molecule has 1 aromatic heterocycles. The lowest BCUT2D eigenvalue weighted by molar-refractivity contribution is 0.0741. The van der Waals surface area contributed by atoms with Gasteiger partial charge in [0.05, 0.1) is 5.69 Å². The molecular formula is C21H20Cl2N4O. The minimum absolute atomic E-state index is 0.0387. The molecule has 3 aromatic rings. The maximum absolute atomic E-state index is 12.9. The van der Waals surface area contributed by atoms with E-state index in [0.29, 0.717) is 29.5 Å². The Morgan fingerprint density at radius 1 is 1.00 bits per heavy atom. The van der Waals surface area contributed by atoms with E-state index >= 15 is 0 Å². The van der Waals surface area contributed by atoms with E-state index in [9.17, 15) is 4.79 Å². The summed E-state index contributed by atoms with van der Waals surface area (Å²) in [5.41, 5.74) is 4.39. The third-order valence-electron chi connectivity index (χ3n) is 5.01. The lowest BCUT2D eigenvalue weighted by atomic mass is 10.1. The number of nitrogens with zero attached hydrogens (tertiary/aromatic N) is 3. The molecule has 1 fully saturated rings. The van der Waals surface area contributed by atoms with E-state index in [2.05, 4.69) is 22.0 Å². The number of carbonyl (C=O) groups is 1. The Hall–Kier alpha value is -2.50. The second kappa shape index (κ2) is 7.86.